The molecular weight excluding hydrogens is 468 g/mol. The smallest absolute Gasteiger partial charge is 0.277 e. The van der Waals surface area contributed by atoms with E-state index in [4.69, 9.17) is 5.10 Å². The molecule has 36 heavy (non-hydrogen) atoms. The van der Waals surface area contributed by atoms with Crippen molar-refractivity contribution in [2.45, 2.75) is 52.2 Å². The second kappa shape index (κ2) is 9.39. The van der Waals surface area contributed by atoms with E-state index in [0.717, 1.165) is 21.7 Å². The Hall–Kier alpha value is -3.71. The third-order valence-corrected chi connectivity index (χ3v) is 7.66. The molecule has 3 heterocycles. The number of hydrogen-bond acceptors (Lipinski definition) is 4. The summed E-state index contributed by atoms with van der Waals surface area (Å²) < 4.78 is 1.68. The van der Waals surface area contributed by atoms with Crippen molar-refractivity contribution >= 4 is 28.8 Å². The number of aryl methyl sites for hydroxylation is 1. The Labute approximate surface area is 215 Å². The Balaban J connectivity index is 1.53. The summed E-state index contributed by atoms with van der Waals surface area (Å²) in [7, 11) is 0. The summed E-state index contributed by atoms with van der Waals surface area (Å²) in [5, 5.41) is 9.78. The summed E-state index contributed by atoms with van der Waals surface area (Å²) >= 11 is 1.58. The Morgan fingerprint density at radius 3 is 2.56 bits per heavy atom. The maximum Gasteiger partial charge on any atom is 0.277 e. The lowest BCUT2D eigenvalue weighted by Gasteiger charge is -2.43. The number of hydrogen-bond donors (Lipinski definition) is 1. The summed E-state index contributed by atoms with van der Waals surface area (Å²) in [5.41, 5.74) is 4.09. The largest absolute Gasteiger partial charge is 0.350 e. The number of nitrogens with zero attached hydrogens (tertiary/aromatic N) is 3. The highest BCUT2D eigenvalue weighted by atomic mass is 32.1. The minimum Gasteiger partial charge on any atom is -0.350 e. The van der Waals surface area contributed by atoms with Gasteiger partial charge < -0.3 is 5.32 Å². The van der Waals surface area contributed by atoms with Crippen molar-refractivity contribution in [2.75, 3.05) is 4.90 Å². The van der Waals surface area contributed by atoms with Crippen molar-refractivity contribution in [2.24, 2.45) is 0 Å². The molecule has 1 unspecified atom stereocenters. The van der Waals surface area contributed by atoms with Gasteiger partial charge in [-0.3, -0.25) is 19.2 Å². The highest BCUT2D eigenvalue weighted by Gasteiger charge is 2.48. The second-order valence-electron chi connectivity index (χ2n) is 9.88. The van der Waals surface area contributed by atoms with Crippen molar-refractivity contribution in [1.82, 2.24) is 15.1 Å². The molecule has 2 aromatic carbocycles. The number of thiophene rings is 1. The fourth-order valence-electron chi connectivity index (χ4n) is 4.73. The van der Waals surface area contributed by atoms with Gasteiger partial charge in [0, 0.05) is 12.2 Å². The SMILES string of the molecule is Cc1cccc(CNC(=O)C2(C)Cn3nc(-c4cccs4)cc3C(=O)N2c2ccc(C(C)C)cc2)c1. The number of carbonyl (C=O) groups excluding carboxylic acids is 2. The van der Waals surface area contributed by atoms with Crippen LogP contribution in [0.1, 0.15) is 53.9 Å². The molecule has 6 nitrogen and oxygen atoms in total. The van der Waals surface area contributed by atoms with E-state index in [1.165, 1.54) is 5.56 Å². The lowest BCUT2D eigenvalue weighted by atomic mass is 9.93. The molecule has 0 bridgehead atoms. The van der Waals surface area contributed by atoms with Crippen molar-refractivity contribution in [3.63, 3.8) is 0 Å². The molecule has 0 fully saturated rings. The molecule has 184 valence electrons. The molecule has 1 aliphatic rings. The molecule has 0 spiro atoms. The lowest BCUT2D eigenvalue weighted by molar-refractivity contribution is -0.126. The summed E-state index contributed by atoms with van der Waals surface area (Å²) in [5.74, 6) is -0.0823. The first-order valence-corrected chi connectivity index (χ1v) is 13.0. The molecule has 0 saturated carbocycles. The molecule has 1 atom stereocenters. The van der Waals surface area contributed by atoms with E-state index in [0.29, 0.717) is 23.8 Å². The van der Waals surface area contributed by atoms with Gasteiger partial charge in [0.2, 0.25) is 5.91 Å². The minimum atomic E-state index is -1.16. The Kier molecular flexibility index (Phi) is 6.26. The summed E-state index contributed by atoms with van der Waals surface area (Å²) in [6.45, 7) is 8.76. The first-order valence-electron chi connectivity index (χ1n) is 12.2. The lowest BCUT2D eigenvalue weighted by Crippen LogP contribution is -2.64. The van der Waals surface area contributed by atoms with Crippen LogP contribution in [-0.4, -0.2) is 27.1 Å². The van der Waals surface area contributed by atoms with E-state index in [1.54, 1.807) is 20.9 Å². The van der Waals surface area contributed by atoms with Gasteiger partial charge in [-0.15, -0.1) is 11.3 Å². The van der Waals surface area contributed by atoms with Gasteiger partial charge in [0.25, 0.3) is 5.91 Å². The fourth-order valence-corrected chi connectivity index (χ4v) is 5.42. The van der Waals surface area contributed by atoms with Gasteiger partial charge in [-0.1, -0.05) is 61.9 Å². The molecule has 1 N–H and O–H groups in total. The zero-order valence-electron chi connectivity index (χ0n) is 21.0. The number of fused-ring (bicyclic) bond motifs is 1. The van der Waals surface area contributed by atoms with Gasteiger partial charge in [-0.05, 0) is 60.5 Å². The third kappa shape index (κ3) is 4.35. The number of anilines is 1. The quantitative estimate of drug-likeness (QED) is 0.366. The number of amides is 2. The minimum absolute atomic E-state index is 0.218. The van der Waals surface area contributed by atoms with Crippen LogP contribution in [0.25, 0.3) is 10.6 Å². The van der Waals surface area contributed by atoms with Crippen molar-refractivity contribution in [3.8, 4) is 10.6 Å². The molecule has 2 amide bonds. The van der Waals surface area contributed by atoms with Crippen LogP contribution < -0.4 is 10.2 Å². The van der Waals surface area contributed by atoms with Gasteiger partial charge in [-0.2, -0.15) is 5.10 Å². The van der Waals surface area contributed by atoms with Crippen molar-refractivity contribution in [3.05, 3.63) is 94.5 Å². The standard InChI is InChI=1S/C29H30N4O2S/c1-19(2)22-10-12-23(13-11-22)33-27(34)25-16-24(26-9-6-14-36-26)31-32(25)18-29(33,4)28(35)30-17-21-8-5-7-20(3)15-21/h5-16,19H,17-18H2,1-4H3,(H,30,35). The highest BCUT2D eigenvalue weighted by Crippen LogP contribution is 2.35. The van der Waals surface area contributed by atoms with Crippen molar-refractivity contribution in [1.29, 1.82) is 0 Å². The van der Waals surface area contributed by atoms with E-state index in [-0.39, 0.29) is 18.4 Å². The van der Waals surface area contributed by atoms with E-state index < -0.39 is 5.54 Å². The van der Waals surface area contributed by atoms with Crippen LogP contribution in [-0.2, 0) is 17.9 Å². The van der Waals surface area contributed by atoms with Crippen LogP contribution >= 0.6 is 11.3 Å². The van der Waals surface area contributed by atoms with Gasteiger partial charge >= 0.3 is 0 Å². The number of nitrogens with one attached hydrogen (secondary N) is 1. The fraction of sp³-hybridized carbons (Fsp3) is 0.276. The topological polar surface area (TPSA) is 67.2 Å². The van der Waals surface area contributed by atoms with Gasteiger partial charge in [0.15, 0.2) is 0 Å². The van der Waals surface area contributed by atoms with Crippen molar-refractivity contribution < 1.29 is 9.59 Å². The van der Waals surface area contributed by atoms with Crippen LogP contribution in [0.3, 0.4) is 0 Å². The van der Waals surface area contributed by atoms with Crippen LogP contribution in [0.5, 0.6) is 0 Å². The molecule has 2 aromatic heterocycles. The van der Waals surface area contributed by atoms with E-state index in [9.17, 15) is 9.59 Å². The average Bonchev–Trinajstić information content (AvgIpc) is 3.53. The molecule has 0 aliphatic carbocycles. The van der Waals surface area contributed by atoms with Crippen LogP contribution in [0, 0.1) is 6.92 Å². The first-order chi connectivity index (χ1) is 17.3. The van der Waals surface area contributed by atoms with Crippen LogP contribution in [0.2, 0.25) is 0 Å². The highest BCUT2D eigenvalue weighted by molar-refractivity contribution is 7.13. The van der Waals surface area contributed by atoms with E-state index >= 15 is 0 Å². The van der Waals surface area contributed by atoms with Gasteiger partial charge in [0.1, 0.15) is 16.9 Å². The predicted octanol–water partition coefficient (Wildman–Crippen LogP) is 5.78. The molecule has 4 aromatic rings. The summed E-state index contributed by atoms with van der Waals surface area (Å²) in [6.07, 6.45) is 0. The maximum absolute atomic E-state index is 13.9. The number of carbonyl (C=O) groups is 2. The molecule has 1 aliphatic heterocycles. The zero-order valence-corrected chi connectivity index (χ0v) is 21.8. The predicted molar refractivity (Wildman–Crippen MR) is 144 cm³/mol. The zero-order chi connectivity index (χ0) is 25.4. The Morgan fingerprint density at radius 2 is 1.89 bits per heavy atom. The molecule has 0 saturated heterocycles. The maximum atomic E-state index is 13.9. The summed E-state index contributed by atoms with van der Waals surface area (Å²) in [4.78, 5) is 30.4. The number of benzene rings is 2. The number of rotatable bonds is 6. The molecule has 5 rings (SSSR count). The third-order valence-electron chi connectivity index (χ3n) is 6.77. The molecular formula is C29H30N4O2S. The monoisotopic (exact) mass is 498 g/mol. The first kappa shape index (κ1) is 24.0. The second-order valence-corrected chi connectivity index (χ2v) is 10.8. The normalized spacial score (nSPS) is 17.4. The van der Waals surface area contributed by atoms with Gasteiger partial charge in [-0.25, -0.2) is 0 Å². The van der Waals surface area contributed by atoms with E-state index in [1.807, 2.05) is 79.9 Å². The van der Waals surface area contributed by atoms with Gasteiger partial charge in [0.05, 0.1) is 11.4 Å². The number of aromatic nitrogens is 2. The molecule has 7 heteroatoms. The molecule has 0 radical (unpaired) electrons. The summed E-state index contributed by atoms with van der Waals surface area (Å²) in [6, 6.07) is 21.8. The van der Waals surface area contributed by atoms with Crippen LogP contribution in [0.15, 0.2) is 72.1 Å². The Bertz CT molecular complexity index is 1410. The van der Waals surface area contributed by atoms with E-state index in [2.05, 4.69) is 25.2 Å². The van der Waals surface area contributed by atoms with Crippen LogP contribution in [0.4, 0.5) is 5.69 Å². The average molecular weight is 499 g/mol. The Morgan fingerprint density at radius 1 is 1.11 bits per heavy atom.